The molecule has 0 bridgehead atoms. The molecule has 0 atom stereocenters. The minimum absolute atomic E-state index is 0.0183. The molecule has 0 N–H and O–H groups in total. The van der Waals surface area contributed by atoms with Gasteiger partial charge in [0.25, 0.3) is 0 Å². The van der Waals surface area contributed by atoms with Crippen molar-refractivity contribution in [3.8, 4) is 0 Å². The molecule has 1 aromatic heterocycles. The Morgan fingerprint density at radius 3 is 2.67 bits per heavy atom. The van der Waals surface area contributed by atoms with Crippen LogP contribution in [0.1, 0.15) is 5.56 Å². The van der Waals surface area contributed by atoms with Crippen molar-refractivity contribution < 1.29 is 8.78 Å². The number of rotatable bonds is 3. The van der Waals surface area contributed by atoms with Crippen LogP contribution in [-0.2, 0) is 5.75 Å². The SMILES string of the molecule is Fc1cccc(CSc2cc(Cl)nc(Cl)n2)c1F. The van der Waals surface area contributed by atoms with Crippen molar-refractivity contribution in [2.24, 2.45) is 0 Å². The Bertz CT molecular complexity index is 561. The molecule has 0 saturated heterocycles. The van der Waals surface area contributed by atoms with Gasteiger partial charge in [0.15, 0.2) is 11.6 Å². The lowest BCUT2D eigenvalue weighted by atomic mass is 10.2. The van der Waals surface area contributed by atoms with E-state index in [-0.39, 0.29) is 21.8 Å². The molecule has 2 nitrogen and oxygen atoms in total. The minimum atomic E-state index is -0.869. The summed E-state index contributed by atoms with van der Waals surface area (Å²) in [6, 6.07) is 5.54. The summed E-state index contributed by atoms with van der Waals surface area (Å²) in [5.74, 6) is -1.49. The van der Waals surface area contributed by atoms with Gasteiger partial charge < -0.3 is 0 Å². The maximum absolute atomic E-state index is 13.4. The van der Waals surface area contributed by atoms with Crippen LogP contribution in [0.4, 0.5) is 8.78 Å². The fourth-order valence-corrected chi connectivity index (χ4v) is 2.65. The van der Waals surface area contributed by atoms with E-state index in [4.69, 9.17) is 23.2 Å². The summed E-state index contributed by atoms with van der Waals surface area (Å²) in [4.78, 5) is 7.61. The third kappa shape index (κ3) is 3.31. The molecule has 2 rings (SSSR count). The van der Waals surface area contributed by atoms with Gasteiger partial charge in [0, 0.05) is 17.4 Å². The van der Waals surface area contributed by atoms with Gasteiger partial charge in [0.1, 0.15) is 10.2 Å². The first-order valence-corrected chi connectivity index (χ1v) is 6.56. The van der Waals surface area contributed by atoms with Gasteiger partial charge in [-0.25, -0.2) is 18.7 Å². The highest BCUT2D eigenvalue weighted by atomic mass is 35.5. The molecule has 1 heterocycles. The van der Waals surface area contributed by atoms with Crippen molar-refractivity contribution in [2.75, 3.05) is 0 Å². The average Bonchev–Trinajstić information content (AvgIpc) is 2.30. The van der Waals surface area contributed by atoms with Crippen molar-refractivity contribution in [3.63, 3.8) is 0 Å². The smallest absolute Gasteiger partial charge is 0.211 e. The zero-order chi connectivity index (χ0) is 13.1. The molecular formula is C11H6Cl2F2N2S. The van der Waals surface area contributed by atoms with Gasteiger partial charge in [-0.3, -0.25) is 0 Å². The third-order valence-electron chi connectivity index (χ3n) is 2.05. The fraction of sp³-hybridized carbons (Fsp3) is 0.0909. The van der Waals surface area contributed by atoms with Crippen LogP contribution in [0.2, 0.25) is 10.4 Å². The summed E-state index contributed by atoms with van der Waals surface area (Å²) < 4.78 is 26.4. The maximum atomic E-state index is 13.4. The van der Waals surface area contributed by atoms with Crippen molar-refractivity contribution in [2.45, 2.75) is 10.8 Å². The van der Waals surface area contributed by atoms with Crippen molar-refractivity contribution >= 4 is 35.0 Å². The van der Waals surface area contributed by atoms with E-state index in [2.05, 4.69) is 9.97 Å². The molecule has 1 aromatic carbocycles. The molecule has 0 aliphatic rings. The molecular weight excluding hydrogens is 301 g/mol. The number of halogens is 4. The molecule has 0 amide bonds. The highest BCUT2D eigenvalue weighted by Crippen LogP contribution is 2.25. The Morgan fingerprint density at radius 2 is 1.94 bits per heavy atom. The van der Waals surface area contributed by atoms with E-state index in [0.717, 1.165) is 6.07 Å². The molecule has 2 aromatic rings. The summed E-state index contributed by atoms with van der Waals surface area (Å²) >= 11 is 12.5. The van der Waals surface area contributed by atoms with E-state index in [1.165, 1.54) is 30.0 Å². The third-order valence-corrected chi connectivity index (χ3v) is 3.37. The summed E-state index contributed by atoms with van der Waals surface area (Å²) in [7, 11) is 0. The van der Waals surface area contributed by atoms with Crippen LogP contribution in [0.5, 0.6) is 0 Å². The molecule has 0 unspecified atom stereocenters. The lowest BCUT2D eigenvalue weighted by Crippen LogP contribution is -1.93. The van der Waals surface area contributed by atoms with Gasteiger partial charge in [0.2, 0.25) is 5.28 Å². The first-order valence-electron chi connectivity index (χ1n) is 4.82. The zero-order valence-electron chi connectivity index (χ0n) is 8.83. The van der Waals surface area contributed by atoms with Gasteiger partial charge in [-0.15, -0.1) is 11.8 Å². The van der Waals surface area contributed by atoms with Gasteiger partial charge >= 0.3 is 0 Å². The van der Waals surface area contributed by atoms with Crippen LogP contribution in [0.25, 0.3) is 0 Å². The second-order valence-corrected chi connectivity index (χ2v) is 5.02. The van der Waals surface area contributed by atoms with Crippen LogP contribution in [0.3, 0.4) is 0 Å². The van der Waals surface area contributed by atoms with Crippen LogP contribution in [0, 0.1) is 11.6 Å². The van der Waals surface area contributed by atoms with Crippen LogP contribution in [-0.4, -0.2) is 9.97 Å². The number of hydrogen-bond acceptors (Lipinski definition) is 3. The highest BCUT2D eigenvalue weighted by molar-refractivity contribution is 7.98. The van der Waals surface area contributed by atoms with E-state index >= 15 is 0 Å². The summed E-state index contributed by atoms with van der Waals surface area (Å²) in [6.45, 7) is 0. The molecule has 0 aliphatic heterocycles. The van der Waals surface area contributed by atoms with E-state index in [9.17, 15) is 8.78 Å². The lowest BCUT2D eigenvalue weighted by molar-refractivity contribution is 0.502. The van der Waals surface area contributed by atoms with Crippen LogP contribution in [0.15, 0.2) is 29.3 Å². The fourth-order valence-electron chi connectivity index (χ4n) is 1.26. The second-order valence-electron chi connectivity index (χ2n) is 3.30. The topological polar surface area (TPSA) is 25.8 Å². The van der Waals surface area contributed by atoms with Crippen molar-refractivity contribution in [3.05, 3.63) is 51.9 Å². The average molecular weight is 307 g/mol. The van der Waals surface area contributed by atoms with Crippen molar-refractivity contribution in [1.82, 2.24) is 9.97 Å². The molecule has 7 heteroatoms. The summed E-state index contributed by atoms with van der Waals surface area (Å²) in [6.07, 6.45) is 0. The Kier molecular flexibility index (Phi) is 4.37. The van der Waals surface area contributed by atoms with Gasteiger partial charge in [-0.1, -0.05) is 23.7 Å². The maximum Gasteiger partial charge on any atom is 0.224 e. The minimum Gasteiger partial charge on any atom is -0.211 e. The quantitative estimate of drug-likeness (QED) is 0.479. The molecule has 94 valence electrons. The van der Waals surface area contributed by atoms with Crippen molar-refractivity contribution in [1.29, 1.82) is 0 Å². The molecule has 0 radical (unpaired) electrons. The zero-order valence-corrected chi connectivity index (χ0v) is 11.2. The van der Waals surface area contributed by atoms with E-state index in [1.54, 1.807) is 0 Å². The van der Waals surface area contributed by atoms with E-state index in [1.807, 2.05) is 0 Å². The largest absolute Gasteiger partial charge is 0.224 e. The number of nitrogens with zero attached hydrogens (tertiary/aromatic N) is 2. The Labute approximate surface area is 116 Å². The van der Waals surface area contributed by atoms with Crippen LogP contribution >= 0.6 is 35.0 Å². The normalized spacial score (nSPS) is 10.7. The summed E-state index contributed by atoms with van der Waals surface area (Å²) in [5, 5.41) is 0.727. The number of hydrogen-bond donors (Lipinski definition) is 0. The predicted octanol–water partition coefficient (Wildman–Crippen LogP) is 4.35. The number of benzene rings is 1. The highest BCUT2D eigenvalue weighted by Gasteiger charge is 2.09. The van der Waals surface area contributed by atoms with Crippen LogP contribution < -0.4 is 0 Å². The molecule has 0 spiro atoms. The molecule has 18 heavy (non-hydrogen) atoms. The van der Waals surface area contributed by atoms with Gasteiger partial charge in [0.05, 0.1) is 0 Å². The summed E-state index contributed by atoms with van der Waals surface area (Å²) in [5.41, 5.74) is 0.255. The monoisotopic (exact) mass is 306 g/mol. The predicted molar refractivity (Wildman–Crippen MR) is 68.0 cm³/mol. The first-order chi connectivity index (χ1) is 8.56. The second kappa shape index (κ2) is 5.82. The van der Waals surface area contributed by atoms with E-state index in [0.29, 0.717) is 5.03 Å². The molecule has 0 aliphatic carbocycles. The van der Waals surface area contributed by atoms with Gasteiger partial charge in [-0.05, 0) is 17.7 Å². The Hall–Kier alpha value is -0.910. The molecule has 0 fully saturated rings. The number of aromatic nitrogens is 2. The Morgan fingerprint density at radius 1 is 1.17 bits per heavy atom. The van der Waals surface area contributed by atoms with E-state index < -0.39 is 11.6 Å². The number of thioether (sulfide) groups is 1. The Balaban J connectivity index is 2.14. The first kappa shape index (κ1) is 13.5. The van der Waals surface area contributed by atoms with Gasteiger partial charge in [-0.2, -0.15) is 0 Å². The standard InChI is InChI=1S/C11H6Cl2F2N2S/c12-8-4-9(17-11(13)16-8)18-5-6-2-1-3-7(14)10(6)15/h1-4H,5H2. The lowest BCUT2D eigenvalue weighted by Gasteiger charge is -2.04. The molecule has 0 saturated carbocycles.